The zero-order valence-corrected chi connectivity index (χ0v) is 16.0. The predicted molar refractivity (Wildman–Crippen MR) is 104 cm³/mol. The summed E-state index contributed by atoms with van der Waals surface area (Å²) in [6, 6.07) is 13.6. The highest BCUT2D eigenvalue weighted by Gasteiger charge is 2.14. The van der Waals surface area contributed by atoms with E-state index in [0.717, 1.165) is 0 Å². The van der Waals surface area contributed by atoms with Crippen molar-refractivity contribution in [3.63, 3.8) is 0 Å². The molecule has 1 N–H and O–H groups in total. The van der Waals surface area contributed by atoms with Gasteiger partial charge in [0.2, 0.25) is 5.89 Å². The number of nitrogens with zero attached hydrogens (tertiary/aromatic N) is 1. The SMILES string of the molecule is O=C(Nc1cccc(-c2nc3cc(Cl)cc(Cl)c3o2)c1)c1ccc(Br)o1. The van der Waals surface area contributed by atoms with Gasteiger partial charge in [-0.2, -0.15) is 0 Å². The molecule has 0 saturated carbocycles. The van der Waals surface area contributed by atoms with Gasteiger partial charge in [0.1, 0.15) is 5.52 Å². The first kappa shape index (κ1) is 17.1. The lowest BCUT2D eigenvalue weighted by Gasteiger charge is -2.04. The second-order valence-corrected chi connectivity index (χ2v) is 7.02. The number of benzene rings is 2. The molecule has 5 nitrogen and oxygen atoms in total. The number of hydrogen-bond acceptors (Lipinski definition) is 4. The Bertz CT molecular complexity index is 1140. The van der Waals surface area contributed by atoms with Crippen LogP contribution in [0.4, 0.5) is 5.69 Å². The number of aromatic nitrogens is 1. The third kappa shape index (κ3) is 3.35. The first-order valence-electron chi connectivity index (χ1n) is 7.42. The zero-order chi connectivity index (χ0) is 18.3. The van der Waals surface area contributed by atoms with Crippen LogP contribution in [0.15, 0.2) is 62.0 Å². The summed E-state index contributed by atoms with van der Waals surface area (Å²) in [5.74, 6) is 0.215. The minimum Gasteiger partial charge on any atom is -0.444 e. The fourth-order valence-electron chi connectivity index (χ4n) is 2.44. The second kappa shape index (κ2) is 6.79. The third-order valence-corrected chi connectivity index (χ3v) is 4.50. The number of amides is 1. The fraction of sp³-hybridized carbons (Fsp3) is 0. The van der Waals surface area contributed by atoms with Crippen molar-refractivity contribution < 1.29 is 13.6 Å². The summed E-state index contributed by atoms with van der Waals surface area (Å²) in [7, 11) is 0. The Morgan fingerprint density at radius 3 is 2.69 bits per heavy atom. The van der Waals surface area contributed by atoms with E-state index in [-0.39, 0.29) is 11.7 Å². The van der Waals surface area contributed by atoms with Crippen LogP contribution in [0.2, 0.25) is 10.0 Å². The minimum atomic E-state index is -0.361. The van der Waals surface area contributed by atoms with Crippen molar-refractivity contribution in [1.29, 1.82) is 0 Å². The molecule has 0 aliphatic carbocycles. The van der Waals surface area contributed by atoms with Gasteiger partial charge in [0.25, 0.3) is 5.91 Å². The van der Waals surface area contributed by atoms with E-state index >= 15 is 0 Å². The van der Waals surface area contributed by atoms with Crippen LogP contribution in [-0.4, -0.2) is 10.9 Å². The lowest BCUT2D eigenvalue weighted by molar-refractivity contribution is 0.0995. The van der Waals surface area contributed by atoms with Gasteiger partial charge in [0, 0.05) is 16.3 Å². The maximum absolute atomic E-state index is 12.2. The molecule has 0 saturated heterocycles. The fourth-order valence-corrected chi connectivity index (χ4v) is 3.27. The molecule has 130 valence electrons. The first-order valence-corrected chi connectivity index (χ1v) is 8.97. The molecule has 0 aliphatic rings. The van der Waals surface area contributed by atoms with Crippen molar-refractivity contribution >= 4 is 61.8 Å². The van der Waals surface area contributed by atoms with Crippen LogP contribution in [0.5, 0.6) is 0 Å². The number of rotatable bonds is 3. The Morgan fingerprint density at radius 2 is 1.92 bits per heavy atom. The molecule has 1 amide bonds. The summed E-state index contributed by atoms with van der Waals surface area (Å²) in [5, 5.41) is 3.63. The van der Waals surface area contributed by atoms with Crippen LogP contribution in [0.1, 0.15) is 10.6 Å². The van der Waals surface area contributed by atoms with E-state index in [4.69, 9.17) is 32.0 Å². The molecule has 0 unspecified atom stereocenters. The number of anilines is 1. The quantitative estimate of drug-likeness (QED) is 0.390. The van der Waals surface area contributed by atoms with Crippen molar-refractivity contribution in [3.05, 3.63) is 69.0 Å². The molecule has 2 aromatic heterocycles. The van der Waals surface area contributed by atoms with E-state index in [2.05, 4.69) is 26.2 Å². The van der Waals surface area contributed by atoms with Gasteiger partial charge in [0.15, 0.2) is 16.0 Å². The minimum absolute atomic E-state index is 0.200. The molecule has 4 aromatic rings. The molecular formula is C18H9BrCl2N2O3. The first-order chi connectivity index (χ1) is 12.5. The van der Waals surface area contributed by atoms with E-state index in [9.17, 15) is 4.79 Å². The van der Waals surface area contributed by atoms with Crippen LogP contribution in [-0.2, 0) is 0 Å². The summed E-state index contributed by atoms with van der Waals surface area (Å²) in [5.41, 5.74) is 2.28. The summed E-state index contributed by atoms with van der Waals surface area (Å²) in [6.45, 7) is 0. The average Bonchev–Trinajstić information content (AvgIpc) is 3.21. The lowest BCUT2D eigenvalue weighted by Crippen LogP contribution is -2.10. The van der Waals surface area contributed by atoms with Crippen molar-refractivity contribution in [1.82, 2.24) is 4.98 Å². The standard InChI is InChI=1S/C18H9BrCl2N2O3/c19-15-5-4-14(25-15)17(24)22-11-3-1-2-9(6-11)18-23-13-8-10(20)7-12(21)16(13)26-18/h1-8H,(H,22,24). The van der Waals surface area contributed by atoms with E-state index in [0.29, 0.717) is 43.0 Å². The Morgan fingerprint density at radius 1 is 1.08 bits per heavy atom. The van der Waals surface area contributed by atoms with E-state index in [1.165, 1.54) is 0 Å². The number of halogens is 3. The Labute approximate surface area is 166 Å². The number of hydrogen-bond donors (Lipinski definition) is 1. The molecular weight excluding hydrogens is 443 g/mol. The van der Waals surface area contributed by atoms with Gasteiger partial charge in [-0.15, -0.1) is 0 Å². The number of oxazole rings is 1. The van der Waals surface area contributed by atoms with Crippen molar-refractivity contribution in [2.45, 2.75) is 0 Å². The number of carbonyl (C=O) groups excluding carboxylic acids is 1. The highest BCUT2D eigenvalue weighted by molar-refractivity contribution is 9.10. The molecule has 0 fully saturated rings. The van der Waals surface area contributed by atoms with Crippen LogP contribution in [0, 0.1) is 0 Å². The van der Waals surface area contributed by atoms with Crippen LogP contribution in [0.3, 0.4) is 0 Å². The molecule has 0 atom stereocenters. The average molecular weight is 452 g/mol. The van der Waals surface area contributed by atoms with Crippen molar-refractivity contribution in [2.24, 2.45) is 0 Å². The maximum atomic E-state index is 12.2. The molecule has 8 heteroatoms. The van der Waals surface area contributed by atoms with Crippen LogP contribution in [0.25, 0.3) is 22.6 Å². The molecule has 0 aliphatic heterocycles. The van der Waals surface area contributed by atoms with Gasteiger partial charge < -0.3 is 14.2 Å². The topological polar surface area (TPSA) is 68.3 Å². The van der Waals surface area contributed by atoms with E-state index in [1.807, 2.05) is 6.07 Å². The van der Waals surface area contributed by atoms with E-state index < -0.39 is 0 Å². The Kier molecular flexibility index (Phi) is 4.48. The van der Waals surface area contributed by atoms with Gasteiger partial charge in [-0.05, 0) is 58.4 Å². The molecule has 2 aromatic carbocycles. The van der Waals surface area contributed by atoms with Gasteiger partial charge in [-0.25, -0.2) is 4.98 Å². The highest BCUT2D eigenvalue weighted by Crippen LogP contribution is 2.32. The molecule has 4 rings (SSSR count). The maximum Gasteiger partial charge on any atom is 0.291 e. The summed E-state index contributed by atoms with van der Waals surface area (Å²) in [6.07, 6.45) is 0. The summed E-state index contributed by atoms with van der Waals surface area (Å²) in [4.78, 5) is 16.6. The van der Waals surface area contributed by atoms with Crippen LogP contribution < -0.4 is 5.32 Å². The molecule has 0 spiro atoms. The zero-order valence-electron chi connectivity index (χ0n) is 12.9. The normalized spacial score (nSPS) is 11.0. The third-order valence-electron chi connectivity index (χ3n) is 3.57. The van der Waals surface area contributed by atoms with Gasteiger partial charge >= 0.3 is 0 Å². The Balaban J connectivity index is 1.65. The number of nitrogens with one attached hydrogen (secondary N) is 1. The van der Waals surface area contributed by atoms with Gasteiger partial charge in [-0.1, -0.05) is 29.3 Å². The number of furan rings is 1. The van der Waals surface area contributed by atoms with Crippen molar-refractivity contribution in [3.8, 4) is 11.5 Å². The Hall–Kier alpha value is -2.28. The predicted octanol–water partition coefficient (Wildman–Crippen LogP) is 6.41. The smallest absolute Gasteiger partial charge is 0.291 e. The van der Waals surface area contributed by atoms with E-state index in [1.54, 1.807) is 42.5 Å². The lowest BCUT2D eigenvalue weighted by atomic mass is 10.2. The van der Waals surface area contributed by atoms with Crippen LogP contribution >= 0.6 is 39.1 Å². The molecule has 26 heavy (non-hydrogen) atoms. The molecule has 0 bridgehead atoms. The van der Waals surface area contributed by atoms with Gasteiger partial charge in [-0.3, -0.25) is 4.79 Å². The molecule has 0 radical (unpaired) electrons. The summed E-state index contributed by atoms with van der Waals surface area (Å²) < 4.78 is 11.5. The van der Waals surface area contributed by atoms with Crippen molar-refractivity contribution in [2.75, 3.05) is 5.32 Å². The molecule has 2 heterocycles. The largest absolute Gasteiger partial charge is 0.444 e. The van der Waals surface area contributed by atoms with Gasteiger partial charge in [0.05, 0.1) is 5.02 Å². The summed E-state index contributed by atoms with van der Waals surface area (Å²) >= 11 is 15.3. The highest BCUT2D eigenvalue weighted by atomic mass is 79.9. The number of carbonyl (C=O) groups is 1. The second-order valence-electron chi connectivity index (χ2n) is 5.39. The monoisotopic (exact) mass is 450 g/mol. The number of fused-ring (bicyclic) bond motifs is 1.